The van der Waals surface area contributed by atoms with Crippen molar-refractivity contribution in [2.75, 3.05) is 42.4 Å². The van der Waals surface area contributed by atoms with E-state index < -0.39 is 10.0 Å². The first-order valence-electron chi connectivity index (χ1n) is 11.7. The lowest BCUT2D eigenvalue weighted by molar-refractivity contribution is -0.133. The molecule has 0 radical (unpaired) electrons. The molecule has 0 aliphatic carbocycles. The number of aryl methyl sites for hydroxylation is 3. The van der Waals surface area contributed by atoms with E-state index in [1.54, 1.807) is 36.1 Å². The molecule has 0 saturated carbocycles. The minimum absolute atomic E-state index is 0.102. The molecule has 4 rings (SSSR count). The van der Waals surface area contributed by atoms with Crippen LogP contribution in [0.25, 0.3) is 0 Å². The molecule has 9 heteroatoms. The monoisotopic (exact) mass is 527 g/mol. The second-order valence-corrected chi connectivity index (χ2v) is 11.1. The highest BCUT2D eigenvalue weighted by atomic mass is 35.5. The smallest absolute Gasteiger partial charge is 0.261 e. The van der Waals surface area contributed by atoms with Crippen molar-refractivity contribution in [3.05, 3.63) is 82.4 Å². The predicted octanol–water partition coefficient (Wildman–Crippen LogP) is 4.79. The molecule has 3 aromatic carbocycles. The van der Waals surface area contributed by atoms with Crippen LogP contribution >= 0.6 is 11.6 Å². The number of amides is 1. The number of hydrogen-bond donors (Lipinski definition) is 1. The van der Waals surface area contributed by atoms with Gasteiger partial charge in [-0.1, -0.05) is 35.4 Å². The predicted molar refractivity (Wildman–Crippen MR) is 144 cm³/mol. The number of hydrogen-bond acceptors (Lipinski definition) is 5. The minimum Gasteiger partial charge on any atom is -0.483 e. The van der Waals surface area contributed by atoms with Crippen molar-refractivity contribution in [1.82, 2.24) is 4.90 Å². The molecule has 0 spiro atoms. The molecule has 3 aromatic rings. The maximum Gasteiger partial charge on any atom is 0.261 e. The molecule has 0 bridgehead atoms. The first-order chi connectivity index (χ1) is 17.1. The molecule has 0 aromatic heterocycles. The van der Waals surface area contributed by atoms with Crippen LogP contribution in [0.15, 0.2) is 65.6 Å². The number of benzene rings is 3. The van der Waals surface area contributed by atoms with Crippen LogP contribution in [0.3, 0.4) is 0 Å². The molecule has 190 valence electrons. The SMILES string of the molecule is Cc1ccc(NS(=O)(=O)c2ccc(OCC(=O)N3CCN(c4cc(Cl)ccc4C)CC3)c(C)c2)cc1. The molecular weight excluding hydrogens is 498 g/mol. The molecule has 1 heterocycles. The third kappa shape index (κ3) is 6.12. The van der Waals surface area contributed by atoms with Gasteiger partial charge in [-0.25, -0.2) is 8.42 Å². The van der Waals surface area contributed by atoms with Crippen molar-refractivity contribution in [1.29, 1.82) is 0 Å². The van der Waals surface area contributed by atoms with Crippen LogP contribution in [0.2, 0.25) is 5.02 Å². The van der Waals surface area contributed by atoms with Gasteiger partial charge in [-0.2, -0.15) is 0 Å². The Morgan fingerprint density at radius 2 is 1.61 bits per heavy atom. The zero-order valence-electron chi connectivity index (χ0n) is 20.6. The number of anilines is 2. The molecule has 1 aliphatic heterocycles. The van der Waals surface area contributed by atoms with E-state index in [0.29, 0.717) is 48.2 Å². The van der Waals surface area contributed by atoms with E-state index in [-0.39, 0.29) is 17.4 Å². The number of carbonyl (C=O) groups excluding carboxylic acids is 1. The van der Waals surface area contributed by atoms with Crippen LogP contribution in [0.5, 0.6) is 5.75 Å². The van der Waals surface area contributed by atoms with Gasteiger partial charge in [-0.05, 0) is 74.4 Å². The van der Waals surface area contributed by atoms with E-state index in [9.17, 15) is 13.2 Å². The summed E-state index contributed by atoms with van der Waals surface area (Å²) in [5, 5.41) is 0.697. The third-order valence-electron chi connectivity index (χ3n) is 6.26. The first-order valence-corrected chi connectivity index (χ1v) is 13.6. The summed E-state index contributed by atoms with van der Waals surface area (Å²) in [6.07, 6.45) is 0. The topological polar surface area (TPSA) is 78.9 Å². The summed E-state index contributed by atoms with van der Waals surface area (Å²) in [6, 6.07) is 17.6. The lowest BCUT2D eigenvalue weighted by atomic mass is 10.1. The number of carbonyl (C=O) groups is 1. The number of rotatable bonds is 7. The van der Waals surface area contributed by atoms with Gasteiger partial charge in [0.05, 0.1) is 4.90 Å². The lowest BCUT2D eigenvalue weighted by Crippen LogP contribution is -2.50. The molecule has 1 fully saturated rings. The Labute approximate surface area is 217 Å². The maximum atomic E-state index is 12.8. The van der Waals surface area contributed by atoms with Gasteiger partial charge in [0.25, 0.3) is 15.9 Å². The zero-order chi connectivity index (χ0) is 25.9. The molecule has 7 nitrogen and oxygen atoms in total. The quantitative estimate of drug-likeness (QED) is 0.478. The van der Waals surface area contributed by atoms with Gasteiger partial charge < -0.3 is 14.5 Å². The zero-order valence-corrected chi connectivity index (χ0v) is 22.2. The maximum absolute atomic E-state index is 12.8. The van der Waals surface area contributed by atoms with Crippen LogP contribution in [0.4, 0.5) is 11.4 Å². The van der Waals surface area contributed by atoms with Crippen molar-refractivity contribution in [3.8, 4) is 5.75 Å². The van der Waals surface area contributed by atoms with Gasteiger partial charge in [0.2, 0.25) is 0 Å². The Hall–Kier alpha value is -3.23. The Morgan fingerprint density at radius 1 is 0.917 bits per heavy atom. The van der Waals surface area contributed by atoms with E-state index in [0.717, 1.165) is 16.8 Å². The van der Waals surface area contributed by atoms with Gasteiger partial charge in [-0.3, -0.25) is 9.52 Å². The van der Waals surface area contributed by atoms with Crippen molar-refractivity contribution in [2.45, 2.75) is 25.7 Å². The van der Waals surface area contributed by atoms with E-state index >= 15 is 0 Å². The first kappa shape index (κ1) is 25.9. The van der Waals surface area contributed by atoms with Gasteiger partial charge >= 0.3 is 0 Å². The Balaban J connectivity index is 1.32. The van der Waals surface area contributed by atoms with Crippen molar-refractivity contribution in [3.63, 3.8) is 0 Å². The molecule has 1 saturated heterocycles. The molecule has 1 aliphatic rings. The van der Waals surface area contributed by atoms with Crippen LogP contribution in [0, 0.1) is 20.8 Å². The molecular formula is C27H30ClN3O4S. The number of nitrogens with one attached hydrogen (secondary N) is 1. The van der Waals surface area contributed by atoms with Crippen LogP contribution in [-0.4, -0.2) is 52.0 Å². The normalized spacial score (nSPS) is 14.0. The summed E-state index contributed by atoms with van der Waals surface area (Å²) >= 11 is 6.16. The summed E-state index contributed by atoms with van der Waals surface area (Å²) in [7, 11) is -3.74. The average Bonchev–Trinajstić information content (AvgIpc) is 2.86. The van der Waals surface area contributed by atoms with Gasteiger partial charge in [0.15, 0.2) is 6.61 Å². The Morgan fingerprint density at radius 3 is 2.28 bits per heavy atom. The van der Waals surface area contributed by atoms with Crippen molar-refractivity contribution >= 4 is 38.9 Å². The second-order valence-electron chi connectivity index (χ2n) is 8.99. The standard InChI is InChI=1S/C27H30ClN3O4S/c1-19-4-8-23(9-5-19)29-36(33,34)24-10-11-26(21(3)16-24)35-18-27(32)31-14-12-30(13-15-31)25-17-22(28)7-6-20(25)2/h4-11,16-17,29H,12-15,18H2,1-3H3. The molecule has 1 amide bonds. The molecule has 1 N–H and O–H groups in total. The highest BCUT2D eigenvalue weighted by Gasteiger charge is 2.23. The highest BCUT2D eigenvalue weighted by molar-refractivity contribution is 7.92. The summed E-state index contributed by atoms with van der Waals surface area (Å²) in [5.74, 6) is 0.375. The number of sulfonamides is 1. The van der Waals surface area contributed by atoms with Crippen LogP contribution in [-0.2, 0) is 14.8 Å². The van der Waals surface area contributed by atoms with Crippen LogP contribution in [0.1, 0.15) is 16.7 Å². The molecule has 36 heavy (non-hydrogen) atoms. The number of halogens is 1. The Bertz CT molecular complexity index is 1350. The summed E-state index contributed by atoms with van der Waals surface area (Å²) in [4.78, 5) is 16.9. The minimum atomic E-state index is -3.74. The van der Waals surface area contributed by atoms with Crippen molar-refractivity contribution < 1.29 is 17.9 Å². The summed E-state index contributed by atoms with van der Waals surface area (Å²) in [6.45, 7) is 8.26. The van der Waals surface area contributed by atoms with E-state index in [4.69, 9.17) is 16.3 Å². The number of piperazine rings is 1. The fraction of sp³-hybridized carbons (Fsp3) is 0.296. The summed E-state index contributed by atoms with van der Waals surface area (Å²) in [5.41, 5.74) is 4.42. The second kappa shape index (κ2) is 10.8. The van der Waals surface area contributed by atoms with Crippen molar-refractivity contribution in [2.24, 2.45) is 0 Å². The van der Waals surface area contributed by atoms with Gasteiger partial charge in [-0.15, -0.1) is 0 Å². The largest absolute Gasteiger partial charge is 0.483 e. The molecule has 0 atom stereocenters. The third-order valence-corrected chi connectivity index (χ3v) is 7.87. The van der Waals surface area contributed by atoms with E-state index in [2.05, 4.69) is 16.5 Å². The Kier molecular flexibility index (Phi) is 7.76. The summed E-state index contributed by atoms with van der Waals surface area (Å²) < 4.78 is 33.9. The van der Waals surface area contributed by atoms with E-state index in [1.807, 2.05) is 37.3 Å². The van der Waals surface area contributed by atoms with Gasteiger partial charge in [0, 0.05) is 42.6 Å². The fourth-order valence-corrected chi connectivity index (χ4v) is 5.45. The number of ether oxygens (including phenoxy) is 1. The van der Waals surface area contributed by atoms with Gasteiger partial charge in [0.1, 0.15) is 5.75 Å². The fourth-order valence-electron chi connectivity index (χ4n) is 4.14. The highest BCUT2D eigenvalue weighted by Crippen LogP contribution is 2.26. The molecule has 0 unspecified atom stereocenters. The lowest BCUT2D eigenvalue weighted by Gasteiger charge is -2.36. The average molecular weight is 528 g/mol. The number of nitrogens with zero attached hydrogens (tertiary/aromatic N) is 2. The van der Waals surface area contributed by atoms with E-state index in [1.165, 1.54) is 6.07 Å². The van der Waals surface area contributed by atoms with Crippen LogP contribution < -0.4 is 14.4 Å².